The summed E-state index contributed by atoms with van der Waals surface area (Å²) in [6, 6.07) is 7.91. The zero-order valence-electron chi connectivity index (χ0n) is 14.8. The number of phenolic OH excluding ortho intramolecular Hbond substituents is 1. The molecule has 5 nitrogen and oxygen atoms in total. The summed E-state index contributed by atoms with van der Waals surface area (Å²) in [5.74, 6) is 0.973. The van der Waals surface area contributed by atoms with E-state index in [0.29, 0.717) is 17.3 Å². The molecule has 0 spiro atoms. The molecular weight excluding hydrogens is 460 g/mol. The van der Waals surface area contributed by atoms with E-state index < -0.39 is 0 Å². The fourth-order valence-corrected chi connectivity index (χ4v) is 3.81. The minimum absolute atomic E-state index is 0.187. The lowest BCUT2D eigenvalue weighted by molar-refractivity contribution is 0.260. The summed E-state index contributed by atoms with van der Waals surface area (Å²) < 4.78 is 0.817. The molecular formula is C19H22Br2N4O. The second-order valence-corrected chi connectivity index (χ2v) is 9.49. The van der Waals surface area contributed by atoms with Crippen molar-refractivity contribution in [1.82, 2.24) is 15.1 Å². The SMILES string of the molecule is Cc1cc(N[C@@H]2CCCN(C)C2)nnc1-c1ccc(C=C(Br)Br)cc1O. The van der Waals surface area contributed by atoms with Gasteiger partial charge in [0.05, 0.1) is 9.09 Å². The lowest BCUT2D eigenvalue weighted by Crippen LogP contribution is -2.39. The first kappa shape index (κ1) is 19.3. The second-order valence-electron chi connectivity index (χ2n) is 6.72. The van der Waals surface area contributed by atoms with E-state index in [1.165, 1.54) is 6.42 Å². The number of aryl methyl sites for hydroxylation is 1. The van der Waals surface area contributed by atoms with E-state index in [2.05, 4.69) is 59.3 Å². The molecule has 2 heterocycles. The van der Waals surface area contributed by atoms with E-state index in [-0.39, 0.29) is 5.75 Å². The third-order valence-electron chi connectivity index (χ3n) is 4.51. The summed E-state index contributed by atoms with van der Waals surface area (Å²) in [7, 11) is 2.14. The van der Waals surface area contributed by atoms with E-state index in [4.69, 9.17) is 0 Å². The quantitative estimate of drug-likeness (QED) is 0.659. The maximum absolute atomic E-state index is 10.4. The number of anilines is 1. The number of hydrogen-bond donors (Lipinski definition) is 2. The number of aromatic hydroxyl groups is 1. The van der Waals surface area contributed by atoms with Gasteiger partial charge in [-0.2, -0.15) is 0 Å². The number of aromatic nitrogens is 2. The highest BCUT2D eigenvalue weighted by Crippen LogP contribution is 2.32. The van der Waals surface area contributed by atoms with Gasteiger partial charge in [0.25, 0.3) is 0 Å². The average molecular weight is 482 g/mol. The van der Waals surface area contributed by atoms with Gasteiger partial charge in [-0.3, -0.25) is 0 Å². The average Bonchev–Trinajstić information content (AvgIpc) is 2.55. The molecule has 26 heavy (non-hydrogen) atoms. The Kier molecular flexibility index (Phi) is 6.32. The minimum atomic E-state index is 0.187. The summed E-state index contributed by atoms with van der Waals surface area (Å²) in [6.45, 7) is 4.16. The molecule has 1 aliphatic heterocycles. The van der Waals surface area contributed by atoms with E-state index in [9.17, 15) is 5.11 Å². The Balaban J connectivity index is 1.80. The van der Waals surface area contributed by atoms with E-state index >= 15 is 0 Å². The lowest BCUT2D eigenvalue weighted by atomic mass is 10.0. The van der Waals surface area contributed by atoms with Crippen LogP contribution >= 0.6 is 31.9 Å². The largest absolute Gasteiger partial charge is 0.507 e. The number of halogens is 2. The van der Waals surface area contributed by atoms with Gasteiger partial charge in [-0.15, -0.1) is 10.2 Å². The number of nitrogens with one attached hydrogen (secondary N) is 1. The molecule has 3 rings (SSSR count). The number of likely N-dealkylation sites (tertiary alicyclic amines) is 1. The van der Waals surface area contributed by atoms with Crippen molar-refractivity contribution < 1.29 is 5.11 Å². The first-order chi connectivity index (χ1) is 12.4. The maximum Gasteiger partial charge on any atom is 0.149 e. The molecule has 0 radical (unpaired) electrons. The summed E-state index contributed by atoms with van der Waals surface area (Å²) in [5.41, 5.74) is 3.25. The molecule has 0 bridgehead atoms. The zero-order chi connectivity index (χ0) is 18.7. The van der Waals surface area contributed by atoms with Crippen LogP contribution in [0.1, 0.15) is 24.0 Å². The molecule has 1 aliphatic rings. The number of hydrogen-bond acceptors (Lipinski definition) is 5. The van der Waals surface area contributed by atoms with Gasteiger partial charge in [0.15, 0.2) is 0 Å². The minimum Gasteiger partial charge on any atom is -0.507 e. The van der Waals surface area contributed by atoms with Crippen LogP contribution in [0.5, 0.6) is 5.75 Å². The molecule has 0 aliphatic carbocycles. The number of piperidine rings is 1. The first-order valence-corrected chi connectivity index (χ1v) is 10.2. The molecule has 2 N–H and O–H groups in total. The summed E-state index contributed by atoms with van der Waals surface area (Å²) >= 11 is 6.65. The van der Waals surface area contributed by atoms with Crippen LogP contribution < -0.4 is 5.32 Å². The van der Waals surface area contributed by atoms with Crippen molar-refractivity contribution in [1.29, 1.82) is 0 Å². The van der Waals surface area contributed by atoms with Crippen LogP contribution in [0, 0.1) is 6.92 Å². The Hall–Kier alpha value is -1.44. The molecule has 1 aromatic carbocycles. The standard InChI is InChI=1S/C19H22Br2N4O/c1-12-8-18(22-14-4-3-7-25(2)11-14)23-24-19(12)15-6-5-13(9-16(15)26)10-17(20)21/h5-6,8-10,14,26H,3-4,7,11H2,1-2H3,(H,22,23)/t14-/m1/s1. The Labute approximate surface area is 170 Å². The number of rotatable bonds is 4. The van der Waals surface area contributed by atoms with Gasteiger partial charge in [-0.1, -0.05) is 6.07 Å². The van der Waals surface area contributed by atoms with Crippen molar-refractivity contribution in [2.45, 2.75) is 25.8 Å². The van der Waals surface area contributed by atoms with Crippen LogP contribution in [-0.2, 0) is 0 Å². The normalized spacial score (nSPS) is 17.8. The summed E-state index contributed by atoms with van der Waals surface area (Å²) in [5, 5.41) is 22.6. The first-order valence-electron chi connectivity index (χ1n) is 8.58. The molecule has 0 amide bonds. The topological polar surface area (TPSA) is 61.3 Å². The van der Waals surface area contributed by atoms with Crippen molar-refractivity contribution in [2.75, 3.05) is 25.5 Å². The van der Waals surface area contributed by atoms with Gasteiger partial charge in [0, 0.05) is 18.2 Å². The van der Waals surface area contributed by atoms with Gasteiger partial charge in [0.2, 0.25) is 0 Å². The number of benzene rings is 1. The van der Waals surface area contributed by atoms with Gasteiger partial charge in [-0.05, 0) is 101 Å². The van der Waals surface area contributed by atoms with Gasteiger partial charge < -0.3 is 15.3 Å². The predicted octanol–water partition coefficient (Wildman–Crippen LogP) is 4.75. The molecule has 138 valence electrons. The van der Waals surface area contributed by atoms with Gasteiger partial charge >= 0.3 is 0 Å². The van der Waals surface area contributed by atoms with Gasteiger partial charge in [-0.25, -0.2) is 0 Å². The third-order valence-corrected chi connectivity index (χ3v) is 4.97. The second kappa shape index (κ2) is 8.50. The number of nitrogens with zero attached hydrogens (tertiary/aromatic N) is 3. The van der Waals surface area contributed by atoms with Gasteiger partial charge in [0.1, 0.15) is 11.6 Å². The van der Waals surface area contributed by atoms with E-state index in [0.717, 1.165) is 39.8 Å². The van der Waals surface area contributed by atoms with Crippen LogP contribution in [0.25, 0.3) is 17.3 Å². The molecule has 0 saturated carbocycles. The number of likely N-dealkylation sites (N-methyl/N-ethyl adjacent to an activating group) is 1. The molecule has 1 fully saturated rings. The highest BCUT2D eigenvalue weighted by Gasteiger charge is 2.18. The van der Waals surface area contributed by atoms with Crippen LogP contribution in [0.15, 0.2) is 27.7 Å². The predicted molar refractivity (Wildman–Crippen MR) is 114 cm³/mol. The third kappa shape index (κ3) is 4.84. The molecule has 1 atom stereocenters. The summed E-state index contributed by atoms with van der Waals surface area (Å²) in [6.07, 6.45) is 4.21. The van der Waals surface area contributed by atoms with Crippen molar-refractivity contribution >= 4 is 43.8 Å². The fraction of sp³-hybridized carbons (Fsp3) is 0.368. The van der Waals surface area contributed by atoms with Crippen LogP contribution in [0.4, 0.5) is 5.82 Å². The Bertz CT molecular complexity index is 821. The zero-order valence-corrected chi connectivity index (χ0v) is 18.0. The lowest BCUT2D eigenvalue weighted by Gasteiger charge is -2.30. The highest BCUT2D eigenvalue weighted by molar-refractivity contribution is 9.28. The monoisotopic (exact) mass is 480 g/mol. The Morgan fingerprint density at radius 1 is 1.31 bits per heavy atom. The summed E-state index contributed by atoms with van der Waals surface area (Å²) in [4.78, 5) is 2.33. The smallest absolute Gasteiger partial charge is 0.149 e. The highest BCUT2D eigenvalue weighted by atomic mass is 79.9. The molecule has 1 aromatic heterocycles. The van der Waals surface area contributed by atoms with Crippen LogP contribution in [0.3, 0.4) is 0 Å². The maximum atomic E-state index is 10.4. The van der Waals surface area contributed by atoms with Crippen molar-refractivity contribution in [2.24, 2.45) is 0 Å². The number of phenols is 1. The molecule has 7 heteroatoms. The fourth-order valence-electron chi connectivity index (χ4n) is 3.28. The van der Waals surface area contributed by atoms with Crippen LogP contribution in [-0.4, -0.2) is 46.4 Å². The molecule has 2 aromatic rings. The van der Waals surface area contributed by atoms with Crippen molar-refractivity contribution in [3.8, 4) is 17.0 Å². The van der Waals surface area contributed by atoms with Crippen molar-refractivity contribution in [3.05, 3.63) is 38.8 Å². The van der Waals surface area contributed by atoms with Crippen LogP contribution in [0.2, 0.25) is 0 Å². The molecule has 1 saturated heterocycles. The molecule has 0 unspecified atom stereocenters. The van der Waals surface area contributed by atoms with Crippen molar-refractivity contribution in [3.63, 3.8) is 0 Å². The Morgan fingerprint density at radius 2 is 2.12 bits per heavy atom. The Morgan fingerprint density at radius 3 is 2.77 bits per heavy atom. The van der Waals surface area contributed by atoms with E-state index in [1.807, 2.05) is 31.2 Å². The van der Waals surface area contributed by atoms with E-state index in [1.54, 1.807) is 6.07 Å².